The van der Waals surface area contributed by atoms with Crippen molar-refractivity contribution in [2.75, 3.05) is 6.54 Å². The van der Waals surface area contributed by atoms with Crippen molar-refractivity contribution in [1.82, 2.24) is 5.32 Å². The van der Waals surface area contributed by atoms with Crippen LogP contribution < -0.4 is 5.32 Å². The van der Waals surface area contributed by atoms with Gasteiger partial charge in [-0.05, 0) is 37.0 Å². The first-order valence-electron chi connectivity index (χ1n) is 7.63. The monoisotopic (exact) mass is 297 g/mol. The normalized spacial score (nSPS) is 12.0. The van der Waals surface area contributed by atoms with Crippen LogP contribution in [0.15, 0.2) is 48.5 Å². The van der Waals surface area contributed by atoms with Gasteiger partial charge in [0.2, 0.25) is 5.91 Å². The molecular formula is C19H23NO2. The van der Waals surface area contributed by atoms with E-state index in [2.05, 4.69) is 11.4 Å². The van der Waals surface area contributed by atoms with Crippen molar-refractivity contribution in [1.29, 1.82) is 0 Å². The molecule has 116 valence electrons. The molecule has 0 aromatic heterocycles. The summed E-state index contributed by atoms with van der Waals surface area (Å²) in [4.78, 5) is 12.2. The van der Waals surface area contributed by atoms with E-state index < -0.39 is 0 Å². The molecule has 0 aliphatic carbocycles. The van der Waals surface area contributed by atoms with E-state index >= 15 is 0 Å². The lowest BCUT2D eigenvalue weighted by Gasteiger charge is -2.13. The molecule has 2 aromatic carbocycles. The average molecular weight is 297 g/mol. The van der Waals surface area contributed by atoms with Gasteiger partial charge in [-0.15, -0.1) is 0 Å². The number of rotatable bonds is 6. The van der Waals surface area contributed by atoms with Gasteiger partial charge < -0.3 is 10.4 Å². The molecule has 22 heavy (non-hydrogen) atoms. The van der Waals surface area contributed by atoms with Crippen LogP contribution in [0.1, 0.15) is 35.1 Å². The van der Waals surface area contributed by atoms with Gasteiger partial charge in [-0.25, -0.2) is 0 Å². The molecule has 2 rings (SSSR count). The van der Waals surface area contributed by atoms with Crippen molar-refractivity contribution < 1.29 is 9.90 Å². The highest BCUT2D eigenvalue weighted by Gasteiger charge is 2.14. The van der Waals surface area contributed by atoms with Crippen LogP contribution in [-0.4, -0.2) is 17.6 Å². The fourth-order valence-electron chi connectivity index (χ4n) is 2.39. The molecule has 0 fully saturated rings. The molecule has 0 spiro atoms. The maximum absolute atomic E-state index is 12.2. The summed E-state index contributed by atoms with van der Waals surface area (Å²) in [5.41, 5.74) is 4.27. The quantitative estimate of drug-likeness (QED) is 0.861. The van der Waals surface area contributed by atoms with Gasteiger partial charge in [0.25, 0.3) is 0 Å². The van der Waals surface area contributed by atoms with Crippen LogP contribution in [0.3, 0.4) is 0 Å². The Morgan fingerprint density at radius 2 is 1.82 bits per heavy atom. The Labute approximate surface area is 132 Å². The van der Waals surface area contributed by atoms with Crippen molar-refractivity contribution in [3.8, 4) is 0 Å². The van der Waals surface area contributed by atoms with E-state index in [1.54, 1.807) is 0 Å². The number of aliphatic hydroxyl groups is 1. The summed E-state index contributed by atoms with van der Waals surface area (Å²) in [6.45, 7) is 4.64. The third kappa shape index (κ3) is 4.43. The molecule has 1 unspecified atom stereocenters. The van der Waals surface area contributed by atoms with E-state index in [9.17, 15) is 4.79 Å². The Bertz CT molecular complexity index is 620. The van der Waals surface area contributed by atoms with E-state index in [4.69, 9.17) is 5.11 Å². The minimum Gasteiger partial charge on any atom is -0.392 e. The molecule has 1 atom stereocenters. The van der Waals surface area contributed by atoms with Gasteiger partial charge in [0.1, 0.15) is 0 Å². The highest BCUT2D eigenvalue weighted by atomic mass is 16.3. The van der Waals surface area contributed by atoms with E-state index in [-0.39, 0.29) is 18.4 Å². The van der Waals surface area contributed by atoms with Crippen LogP contribution in [0.4, 0.5) is 0 Å². The molecule has 0 aliphatic heterocycles. The van der Waals surface area contributed by atoms with E-state index in [1.165, 1.54) is 5.56 Å². The fraction of sp³-hybridized carbons (Fsp3) is 0.316. The third-order valence-electron chi connectivity index (χ3n) is 3.85. The first-order valence-corrected chi connectivity index (χ1v) is 7.63. The summed E-state index contributed by atoms with van der Waals surface area (Å²) in [7, 11) is 0. The SMILES string of the molecule is Cc1cccc(C(C)C(=O)NCCc2ccc(CO)cc2)c1. The third-order valence-corrected chi connectivity index (χ3v) is 3.85. The number of carbonyl (C=O) groups is 1. The van der Waals surface area contributed by atoms with Crippen molar-refractivity contribution in [2.45, 2.75) is 32.8 Å². The zero-order chi connectivity index (χ0) is 15.9. The second-order valence-electron chi connectivity index (χ2n) is 5.65. The molecule has 0 saturated heterocycles. The van der Waals surface area contributed by atoms with Crippen LogP contribution >= 0.6 is 0 Å². The Kier molecular flexibility index (Phi) is 5.73. The standard InChI is InChI=1S/C19H23NO2/c1-14-4-3-5-18(12-14)15(2)19(22)20-11-10-16-6-8-17(13-21)9-7-16/h3-9,12,15,21H,10-11,13H2,1-2H3,(H,20,22). The highest BCUT2D eigenvalue weighted by molar-refractivity contribution is 5.83. The summed E-state index contributed by atoms with van der Waals surface area (Å²) < 4.78 is 0. The number of amides is 1. The number of hydrogen-bond donors (Lipinski definition) is 2. The molecule has 2 aromatic rings. The number of carbonyl (C=O) groups excluding carboxylic acids is 1. The molecule has 3 heteroatoms. The number of aryl methyl sites for hydroxylation is 1. The molecule has 0 heterocycles. The smallest absolute Gasteiger partial charge is 0.227 e. The first kappa shape index (κ1) is 16.2. The van der Waals surface area contributed by atoms with E-state index in [0.29, 0.717) is 6.54 Å². The Morgan fingerprint density at radius 1 is 1.14 bits per heavy atom. The largest absolute Gasteiger partial charge is 0.392 e. The topological polar surface area (TPSA) is 49.3 Å². The zero-order valence-electron chi connectivity index (χ0n) is 13.2. The average Bonchev–Trinajstić information content (AvgIpc) is 2.54. The minimum atomic E-state index is -0.142. The van der Waals surface area contributed by atoms with E-state index in [0.717, 1.165) is 23.1 Å². The highest BCUT2D eigenvalue weighted by Crippen LogP contribution is 2.16. The zero-order valence-corrected chi connectivity index (χ0v) is 13.2. The van der Waals surface area contributed by atoms with Gasteiger partial charge in [-0.1, -0.05) is 54.1 Å². The van der Waals surface area contributed by atoms with Gasteiger partial charge >= 0.3 is 0 Å². The van der Waals surface area contributed by atoms with Crippen LogP contribution in [0.2, 0.25) is 0 Å². The lowest BCUT2D eigenvalue weighted by molar-refractivity contribution is -0.122. The second kappa shape index (κ2) is 7.76. The maximum Gasteiger partial charge on any atom is 0.227 e. The number of hydrogen-bond acceptors (Lipinski definition) is 2. The molecule has 0 bridgehead atoms. The van der Waals surface area contributed by atoms with Crippen LogP contribution in [0.5, 0.6) is 0 Å². The Balaban J connectivity index is 1.84. The molecule has 1 amide bonds. The summed E-state index contributed by atoms with van der Waals surface area (Å²) >= 11 is 0. The Hall–Kier alpha value is -2.13. The summed E-state index contributed by atoms with van der Waals surface area (Å²) in [6.07, 6.45) is 0.790. The van der Waals surface area contributed by atoms with Crippen molar-refractivity contribution >= 4 is 5.91 Å². The second-order valence-corrected chi connectivity index (χ2v) is 5.65. The maximum atomic E-state index is 12.2. The lowest BCUT2D eigenvalue weighted by atomic mass is 9.98. The van der Waals surface area contributed by atoms with Crippen LogP contribution in [0, 0.1) is 6.92 Å². The number of benzene rings is 2. The first-order chi connectivity index (χ1) is 10.6. The molecule has 0 saturated carbocycles. The van der Waals surface area contributed by atoms with Crippen LogP contribution in [0.25, 0.3) is 0 Å². The van der Waals surface area contributed by atoms with Gasteiger partial charge in [-0.3, -0.25) is 4.79 Å². The van der Waals surface area contributed by atoms with E-state index in [1.807, 2.05) is 56.3 Å². The predicted octanol–water partition coefficient (Wildman–Crippen LogP) is 2.95. The van der Waals surface area contributed by atoms with Gasteiger partial charge in [0.15, 0.2) is 0 Å². The Morgan fingerprint density at radius 3 is 2.45 bits per heavy atom. The van der Waals surface area contributed by atoms with Crippen LogP contribution in [-0.2, 0) is 17.8 Å². The lowest BCUT2D eigenvalue weighted by Crippen LogP contribution is -2.29. The van der Waals surface area contributed by atoms with Crippen molar-refractivity contribution in [3.63, 3.8) is 0 Å². The van der Waals surface area contributed by atoms with Gasteiger partial charge in [-0.2, -0.15) is 0 Å². The molecule has 2 N–H and O–H groups in total. The molecular weight excluding hydrogens is 274 g/mol. The minimum absolute atomic E-state index is 0.0533. The number of nitrogens with one attached hydrogen (secondary N) is 1. The molecule has 0 radical (unpaired) electrons. The predicted molar refractivity (Wildman–Crippen MR) is 88.7 cm³/mol. The van der Waals surface area contributed by atoms with Gasteiger partial charge in [0, 0.05) is 6.54 Å². The molecule has 3 nitrogen and oxygen atoms in total. The van der Waals surface area contributed by atoms with Gasteiger partial charge in [0.05, 0.1) is 12.5 Å². The number of aliphatic hydroxyl groups excluding tert-OH is 1. The fourth-order valence-corrected chi connectivity index (χ4v) is 2.39. The summed E-state index contributed by atoms with van der Waals surface area (Å²) in [5.74, 6) is -0.0887. The summed E-state index contributed by atoms with van der Waals surface area (Å²) in [6, 6.07) is 15.9. The van der Waals surface area contributed by atoms with Crippen molar-refractivity contribution in [2.24, 2.45) is 0 Å². The molecule has 0 aliphatic rings. The van der Waals surface area contributed by atoms with Crippen molar-refractivity contribution in [3.05, 3.63) is 70.8 Å². The summed E-state index contributed by atoms with van der Waals surface area (Å²) in [5, 5.41) is 12.0.